The Balaban J connectivity index is 1.55. The van der Waals surface area contributed by atoms with E-state index in [4.69, 9.17) is 26.1 Å². The number of furan rings is 1. The van der Waals surface area contributed by atoms with Gasteiger partial charge in [-0.2, -0.15) is 0 Å². The lowest BCUT2D eigenvalue weighted by Crippen LogP contribution is -2.43. The Kier molecular flexibility index (Phi) is 6.89. The van der Waals surface area contributed by atoms with E-state index in [0.29, 0.717) is 36.9 Å². The number of thiocarbonyl (C=S) groups is 1. The summed E-state index contributed by atoms with van der Waals surface area (Å²) in [5.74, 6) is 1.58. The van der Waals surface area contributed by atoms with Crippen molar-refractivity contribution in [1.29, 1.82) is 0 Å². The second-order valence-electron chi connectivity index (χ2n) is 7.56. The van der Waals surface area contributed by atoms with E-state index < -0.39 is 0 Å². The normalized spacial score (nSPS) is 15.8. The number of aromatic amines is 1. The Bertz CT molecular complexity index is 1070. The second-order valence-corrected chi connectivity index (χ2v) is 7.95. The number of fused-ring (bicyclic) bond motifs is 1. The lowest BCUT2D eigenvalue weighted by atomic mass is 10.1. The molecule has 1 aliphatic heterocycles. The Morgan fingerprint density at radius 2 is 2.26 bits per heavy atom. The first kappa shape index (κ1) is 21.4. The van der Waals surface area contributed by atoms with Gasteiger partial charge in [0.15, 0.2) is 5.11 Å². The Hall–Kier alpha value is -2.84. The van der Waals surface area contributed by atoms with E-state index in [0.717, 1.165) is 41.9 Å². The van der Waals surface area contributed by atoms with Crippen molar-refractivity contribution in [3.8, 4) is 5.75 Å². The van der Waals surface area contributed by atoms with Crippen LogP contribution in [0.2, 0.25) is 0 Å². The topological polar surface area (TPSA) is 79.7 Å². The summed E-state index contributed by atoms with van der Waals surface area (Å²) in [4.78, 5) is 17.7. The van der Waals surface area contributed by atoms with E-state index in [1.807, 2.05) is 48.2 Å². The number of ether oxygens (including phenoxy) is 2. The zero-order valence-corrected chi connectivity index (χ0v) is 18.4. The molecule has 1 aromatic carbocycles. The number of H-pyrrole nitrogens is 1. The fourth-order valence-electron chi connectivity index (χ4n) is 3.75. The standard InChI is InChI=1S/C23H27N3O4S/c1-2-28-18-7-8-21-16(12-18)11-17(22(27)25-21)14-26(15-20-6-4-10-30-20)23(31)24-13-19-5-3-9-29-19/h3,5,7-9,11-12,20H,2,4,6,10,13-15H2,1H3,(H,24,31)(H,25,27). The molecule has 1 atom stereocenters. The minimum absolute atomic E-state index is 0.104. The van der Waals surface area contributed by atoms with Gasteiger partial charge >= 0.3 is 0 Å². The van der Waals surface area contributed by atoms with Crippen molar-refractivity contribution in [1.82, 2.24) is 15.2 Å². The number of aromatic nitrogens is 1. The average Bonchev–Trinajstić information content (AvgIpc) is 3.46. The van der Waals surface area contributed by atoms with Gasteiger partial charge in [-0.3, -0.25) is 4.79 Å². The highest BCUT2D eigenvalue weighted by Gasteiger charge is 2.22. The summed E-state index contributed by atoms with van der Waals surface area (Å²) in [5, 5.41) is 4.73. The van der Waals surface area contributed by atoms with Crippen LogP contribution in [0.15, 0.2) is 51.9 Å². The van der Waals surface area contributed by atoms with Crippen LogP contribution in [0.4, 0.5) is 0 Å². The molecule has 164 valence electrons. The zero-order chi connectivity index (χ0) is 21.6. The van der Waals surface area contributed by atoms with Crippen molar-refractivity contribution in [2.45, 2.75) is 39.0 Å². The van der Waals surface area contributed by atoms with Gasteiger partial charge in [0.2, 0.25) is 0 Å². The lowest BCUT2D eigenvalue weighted by molar-refractivity contribution is 0.0896. The van der Waals surface area contributed by atoms with Crippen molar-refractivity contribution in [2.75, 3.05) is 19.8 Å². The molecular formula is C23H27N3O4S. The molecular weight excluding hydrogens is 414 g/mol. The lowest BCUT2D eigenvalue weighted by Gasteiger charge is -2.28. The Morgan fingerprint density at radius 3 is 3.00 bits per heavy atom. The average molecular weight is 442 g/mol. The molecule has 7 nitrogen and oxygen atoms in total. The predicted molar refractivity (Wildman–Crippen MR) is 123 cm³/mol. The first-order valence-electron chi connectivity index (χ1n) is 10.6. The molecule has 1 unspecified atom stereocenters. The molecule has 0 aliphatic carbocycles. The second kappa shape index (κ2) is 9.98. The third-order valence-electron chi connectivity index (χ3n) is 5.29. The van der Waals surface area contributed by atoms with Gasteiger partial charge in [0.05, 0.1) is 32.1 Å². The van der Waals surface area contributed by atoms with Crippen LogP contribution in [-0.2, 0) is 17.8 Å². The molecule has 3 aromatic rings. The molecule has 31 heavy (non-hydrogen) atoms. The summed E-state index contributed by atoms with van der Waals surface area (Å²) in [5.41, 5.74) is 1.30. The molecule has 0 spiro atoms. The highest BCUT2D eigenvalue weighted by Crippen LogP contribution is 2.20. The number of pyridine rings is 1. The van der Waals surface area contributed by atoms with E-state index in [1.54, 1.807) is 6.26 Å². The SMILES string of the molecule is CCOc1ccc2[nH]c(=O)c(CN(CC3CCCO3)C(=S)NCc3ccco3)cc2c1. The van der Waals surface area contributed by atoms with Gasteiger partial charge in [-0.1, -0.05) is 0 Å². The molecule has 0 bridgehead atoms. The zero-order valence-electron chi connectivity index (χ0n) is 17.6. The first-order valence-corrected chi connectivity index (χ1v) is 11.0. The van der Waals surface area contributed by atoms with E-state index in [1.165, 1.54) is 0 Å². The number of nitrogens with one attached hydrogen (secondary N) is 2. The van der Waals surface area contributed by atoms with Gasteiger partial charge in [0, 0.05) is 29.6 Å². The fraction of sp³-hybridized carbons (Fsp3) is 0.391. The molecule has 1 saturated heterocycles. The maximum Gasteiger partial charge on any atom is 0.253 e. The van der Waals surface area contributed by atoms with Crippen molar-refractivity contribution < 1.29 is 13.9 Å². The molecule has 4 rings (SSSR count). The maximum atomic E-state index is 12.8. The summed E-state index contributed by atoms with van der Waals surface area (Å²) in [6.45, 7) is 4.80. The molecule has 0 radical (unpaired) electrons. The van der Waals surface area contributed by atoms with Gasteiger partial charge in [0.25, 0.3) is 5.56 Å². The van der Waals surface area contributed by atoms with Crippen molar-refractivity contribution in [3.05, 3.63) is 64.3 Å². The van der Waals surface area contributed by atoms with Crippen molar-refractivity contribution in [2.24, 2.45) is 0 Å². The predicted octanol–water partition coefficient (Wildman–Crippen LogP) is 3.58. The summed E-state index contributed by atoms with van der Waals surface area (Å²) in [6, 6.07) is 11.3. The van der Waals surface area contributed by atoms with Gasteiger partial charge in [-0.15, -0.1) is 0 Å². The molecule has 8 heteroatoms. The van der Waals surface area contributed by atoms with E-state index in [2.05, 4.69) is 10.3 Å². The van der Waals surface area contributed by atoms with Crippen LogP contribution < -0.4 is 15.6 Å². The number of benzene rings is 1. The van der Waals surface area contributed by atoms with Crippen LogP contribution in [0.1, 0.15) is 31.1 Å². The van der Waals surface area contributed by atoms with Crippen LogP contribution in [0, 0.1) is 0 Å². The molecule has 1 aliphatic rings. The number of hydrogen-bond donors (Lipinski definition) is 2. The van der Waals surface area contributed by atoms with Crippen LogP contribution in [0.3, 0.4) is 0 Å². The summed E-state index contributed by atoms with van der Waals surface area (Å²) < 4.78 is 16.8. The molecule has 2 N–H and O–H groups in total. The van der Waals surface area contributed by atoms with E-state index in [9.17, 15) is 4.79 Å². The first-order chi connectivity index (χ1) is 15.1. The van der Waals surface area contributed by atoms with Crippen LogP contribution >= 0.6 is 12.2 Å². The molecule has 0 saturated carbocycles. The van der Waals surface area contributed by atoms with Gasteiger partial charge < -0.3 is 29.1 Å². The van der Waals surface area contributed by atoms with Gasteiger partial charge in [0.1, 0.15) is 11.5 Å². The minimum Gasteiger partial charge on any atom is -0.494 e. The molecule has 0 amide bonds. The molecule has 1 fully saturated rings. The third kappa shape index (κ3) is 5.45. The van der Waals surface area contributed by atoms with E-state index in [-0.39, 0.29) is 11.7 Å². The largest absolute Gasteiger partial charge is 0.494 e. The maximum absolute atomic E-state index is 12.8. The number of rotatable bonds is 8. The third-order valence-corrected chi connectivity index (χ3v) is 5.70. The van der Waals surface area contributed by atoms with Gasteiger partial charge in [-0.05, 0) is 68.4 Å². The Labute approximate surface area is 186 Å². The highest BCUT2D eigenvalue weighted by atomic mass is 32.1. The smallest absolute Gasteiger partial charge is 0.253 e. The quantitative estimate of drug-likeness (QED) is 0.517. The van der Waals surface area contributed by atoms with Crippen molar-refractivity contribution >= 4 is 28.2 Å². The van der Waals surface area contributed by atoms with Crippen molar-refractivity contribution in [3.63, 3.8) is 0 Å². The molecule has 2 aromatic heterocycles. The van der Waals surface area contributed by atoms with Crippen LogP contribution in [-0.4, -0.2) is 40.9 Å². The van der Waals surface area contributed by atoms with Crippen LogP contribution in [0.25, 0.3) is 10.9 Å². The van der Waals surface area contributed by atoms with Gasteiger partial charge in [-0.25, -0.2) is 0 Å². The minimum atomic E-state index is -0.122. The number of hydrogen-bond acceptors (Lipinski definition) is 5. The number of nitrogens with zero attached hydrogens (tertiary/aromatic N) is 1. The summed E-state index contributed by atoms with van der Waals surface area (Å²) >= 11 is 5.66. The molecule has 3 heterocycles. The Morgan fingerprint density at radius 1 is 1.35 bits per heavy atom. The van der Waals surface area contributed by atoms with Crippen LogP contribution in [0.5, 0.6) is 5.75 Å². The fourth-order valence-corrected chi connectivity index (χ4v) is 3.96. The summed E-state index contributed by atoms with van der Waals surface area (Å²) in [6.07, 6.45) is 3.77. The summed E-state index contributed by atoms with van der Waals surface area (Å²) in [7, 11) is 0. The monoisotopic (exact) mass is 441 g/mol. The highest BCUT2D eigenvalue weighted by molar-refractivity contribution is 7.80. The van der Waals surface area contributed by atoms with E-state index >= 15 is 0 Å².